The molecule has 1 aromatic carbocycles. The summed E-state index contributed by atoms with van der Waals surface area (Å²) in [6.45, 7) is 0.738. The van der Waals surface area contributed by atoms with Crippen molar-refractivity contribution in [2.75, 3.05) is 6.54 Å². The number of carbonyl (C=O) groups excluding carboxylic acids is 1. The van der Waals surface area contributed by atoms with Crippen molar-refractivity contribution in [1.82, 2.24) is 9.47 Å². The molecule has 4 nitrogen and oxygen atoms in total. The van der Waals surface area contributed by atoms with Crippen LogP contribution in [0.25, 0.3) is 0 Å². The monoisotopic (exact) mass is 282 g/mol. The fourth-order valence-electron chi connectivity index (χ4n) is 2.96. The van der Waals surface area contributed by atoms with E-state index in [1.807, 2.05) is 23.1 Å². The van der Waals surface area contributed by atoms with Gasteiger partial charge in [0.2, 0.25) is 0 Å². The maximum absolute atomic E-state index is 12.8. The van der Waals surface area contributed by atoms with Gasteiger partial charge in [0.05, 0.1) is 6.04 Å². The molecule has 1 amide bonds. The fourth-order valence-corrected chi connectivity index (χ4v) is 2.96. The van der Waals surface area contributed by atoms with Crippen molar-refractivity contribution in [3.8, 4) is 0 Å². The Balaban J connectivity index is 1.94. The van der Waals surface area contributed by atoms with Crippen LogP contribution in [0.15, 0.2) is 53.3 Å². The van der Waals surface area contributed by atoms with E-state index in [4.69, 9.17) is 0 Å². The minimum atomic E-state index is -0.156. The van der Waals surface area contributed by atoms with Gasteiger partial charge in [-0.2, -0.15) is 0 Å². The van der Waals surface area contributed by atoms with E-state index in [1.54, 1.807) is 19.2 Å². The standard InChI is InChI=1S/C17H18N2O2/c1-18-15(9-5-11-16(18)20)17(21)19-12-6-10-14(19)13-7-3-2-4-8-13/h2-5,7-9,11,14H,6,10,12H2,1H3. The van der Waals surface area contributed by atoms with E-state index in [0.717, 1.165) is 24.9 Å². The number of amides is 1. The second-order valence-corrected chi connectivity index (χ2v) is 5.38. The van der Waals surface area contributed by atoms with Crippen LogP contribution in [-0.2, 0) is 7.05 Å². The van der Waals surface area contributed by atoms with Gasteiger partial charge < -0.3 is 9.47 Å². The van der Waals surface area contributed by atoms with E-state index in [0.29, 0.717) is 5.69 Å². The molecule has 0 bridgehead atoms. The maximum atomic E-state index is 12.8. The van der Waals surface area contributed by atoms with Crippen LogP contribution >= 0.6 is 0 Å². The second kappa shape index (κ2) is 5.56. The van der Waals surface area contributed by atoms with Gasteiger partial charge in [-0.1, -0.05) is 36.4 Å². The van der Waals surface area contributed by atoms with E-state index in [2.05, 4.69) is 12.1 Å². The summed E-state index contributed by atoms with van der Waals surface area (Å²) in [4.78, 5) is 26.4. The van der Waals surface area contributed by atoms with Crippen LogP contribution in [-0.4, -0.2) is 21.9 Å². The van der Waals surface area contributed by atoms with Crippen LogP contribution in [0.2, 0.25) is 0 Å². The molecule has 1 unspecified atom stereocenters. The molecule has 0 aliphatic carbocycles. The zero-order valence-corrected chi connectivity index (χ0v) is 12.0. The predicted molar refractivity (Wildman–Crippen MR) is 81.1 cm³/mol. The first kappa shape index (κ1) is 13.6. The van der Waals surface area contributed by atoms with Gasteiger partial charge in [0.15, 0.2) is 0 Å². The van der Waals surface area contributed by atoms with Crippen molar-refractivity contribution in [1.29, 1.82) is 0 Å². The van der Waals surface area contributed by atoms with Crippen LogP contribution in [0.5, 0.6) is 0 Å². The molecular formula is C17H18N2O2. The van der Waals surface area contributed by atoms with Gasteiger partial charge in [0, 0.05) is 19.7 Å². The van der Waals surface area contributed by atoms with Gasteiger partial charge in [-0.25, -0.2) is 0 Å². The molecule has 21 heavy (non-hydrogen) atoms. The third-order valence-corrected chi connectivity index (χ3v) is 4.10. The molecular weight excluding hydrogens is 264 g/mol. The summed E-state index contributed by atoms with van der Waals surface area (Å²) in [5, 5.41) is 0. The lowest BCUT2D eigenvalue weighted by molar-refractivity contribution is 0.0724. The predicted octanol–water partition coefficient (Wildman–Crippen LogP) is 2.36. The minimum Gasteiger partial charge on any atom is -0.330 e. The van der Waals surface area contributed by atoms with E-state index in [-0.39, 0.29) is 17.5 Å². The number of aromatic nitrogens is 1. The summed E-state index contributed by atoms with van der Waals surface area (Å²) in [5.41, 5.74) is 1.45. The van der Waals surface area contributed by atoms with Gasteiger partial charge >= 0.3 is 0 Å². The molecule has 1 aliphatic heterocycles. The van der Waals surface area contributed by atoms with Crippen LogP contribution in [0, 0.1) is 0 Å². The number of pyridine rings is 1. The molecule has 1 saturated heterocycles. The largest absolute Gasteiger partial charge is 0.330 e. The Morgan fingerprint density at radius 1 is 1.10 bits per heavy atom. The highest BCUT2D eigenvalue weighted by Gasteiger charge is 2.31. The van der Waals surface area contributed by atoms with E-state index in [9.17, 15) is 9.59 Å². The molecule has 1 fully saturated rings. The first-order valence-electron chi connectivity index (χ1n) is 7.20. The SMILES string of the molecule is Cn1c(C(=O)N2CCCC2c2ccccc2)cccc1=O. The van der Waals surface area contributed by atoms with Crippen LogP contribution in [0.1, 0.15) is 34.9 Å². The topological polar surface area (TPSA) is 42.3 Å². The van der Waals surface area contributed by atoms with Crippen molar-refractivity contribution in [3.63, 3.8) is 0 Å². The molecule has 0 radical (unpaired) electrons. The smallest absolute Gasteiger partial charge is 0.271 e. The molecule has 0 N–H and O–H groups in total. The number of benzene rings is 1. The molecule has 2 heterocycles. The Kier molecular flexibility index (Phi) is 3.60. The first-order chi connectivity index (χ1) is 10.2. The number of likely N-dealkylation sites (tertiary alicyclic amines) is 1. The minimum absolute atomic E-state index is 0.0680. The van der Waals surface area contributed by atoms with Crippen molar-refractivity contribution in [3.05, 3.63) is 70.1 Å². The molecule has 1 atom stereocenters. The summed E-state index contributed by atoms with van der Waals surface area (Å²) in [6.07, 6.45) is 1.96. The number of hydrogen-bond acceptors (Lipinski definition) is 2. The number of nitrogens with zero attached hydrogens (tertiary/aromatic N) is 2. The summed E-state index contributed by atoms with van der Waals surface area (Å²) in [7, 11) is 1.64. The Morgan fingerprint density at radius 3 is 2.62 bits per heavy atom. The molecule has 0 spiro atoms. The van der Waals surface area contributed by atoms with Crippen molar-refractivity contribution >= 4 is 5.91 Å². The Labute approximate surface area is 123 Å². The first-order valence-corrected chi connectivity index (χ1v) is 7.20. The summed E-state index contributed by atoms with van der Waals surface area (Å²) in [6, 6.07) is 15.0. The lowest BCUT2D eigenvalue weighted by atomic mass is 10.0. The van der Waals surface area contributed by atoms with Gasteiger partial charge in [0.1, 0.15) is 5.69 Å². The molecule has 3 rings (SSSR count). The summed E-state index contributed by atoms with van der Waals surface area (Å²) >= 11 is 0. The van der Waals surface area contributed by atoms with E-state index >= 15 is 0 Å². The summed E-state index contributed by atoms with van der Waals surface area (Å²) < 4.78 is 1.42. The zero-order valence-electron chi connectivity index (χ0n) is 12.0. The number of hydrogen-bond donors (Lipinski definition) is 0. The van der Waals surface area contributed by atoms with Crippen molar-refractivity contribution < 1.29 is 4.79 Å². The average Bonchev–Trinajstić information content (AvgIpc) is 3.00. The van der Waals surface area contributed by atoms with Crippen LogP contribution in [0.3, 0.4) is 0 Å². The highest BCUT2D eigenvalue weighted by atomic mass is 16.2. The molecule has 4 heteroatoms. The van der Waals surface area contributed by atoms with Gasteiger partial charge in [-0.05, 0) is 24.5 Å². The highest BCUT2D eigenvalue weighted by molar-refractivity contribution is 5.93. The molecule has 108 valence electrons. The Bertz CT molecular complexity index is 706. The maximum Gasteiger partial charge on any atom is 0.271 e. The summed E-state index contributed by atoms with van der Waals surface area (Å²) in [5.74, 6) is -0.0680. The normalized spacial score (nSPS) is 18.0. The lowest BCUT2D eigenvalue weighted by Crippen LogP contribution is -2.34. The quantitative estimate of drug-likeness (QED) is 0.848. The van der Waals surface area contributed by atoms with Gasteiger partial charge in [-0.15, -0.1) is 0 Å². The van der Waals surface area contributed by atoms with Gasteiger partial charge in [0.25, 0.3) is 11.5 Å². The lowest BCUT2D eigenvalue weighted by Gasteiger charge is -2.25. The third-order valence-electron chi connectivity index (χ3n) is 4.10. The molecule has 0 saturated carbocycles. The Morgan fingerprint density at radius 2 is 1.86 bits per heavy atom. The molecule has 1 aromatic heterocycles. The Hall–Kier alpha value is -2.36. The van der Waals surface area contributed by atoms with Crippen molar-refractivity contribution in [2.45, 2.75) is 18.9 Å². The molecule has 1 aliphatic rings. The van der Waals surface area contributed by atoms with E-state index in [1.165, 1.54) is 10.6 Å². The van der Waals surface area contributed by atoms with Crippen LogP contribution < -0.4 is 5.56 Å². The van der Waals surface area contributed by atoms with Crippen molar-refractivity contribution in [2.24, 2.45) is 7.05 Å². The average molecular weight is 282 g/mol. The third kappa shape index (κ3) is 2.49. The molecule has 2 aromatic rings. The fraction of sp³-hybridized carbons (Fsp3) is 0.294. The zero-order chi connectivity index (χ0) is 14.8. The highest BCUT2D eigenvalue weighted by Crippen LogP contribution is 2.32. The van der Waals surface area contributed by atoms with E-state index < -0.39 is 0 Å². The van der Waals surface area contributed by atoms with Gasteiger partial charge in [-0.3, -0.25) is 9.59 Å². The number of carbonyl (C=O) groups is 1. The second-order valence-electron chi connectivity index (χ2n) is 5.38. The number of rotatable bonds is 2. The van der Waals surface area contributed by atoms with Crippen LogP contribution in [0.4, 0.5) is 0 Å².